The topological polar surface area (TPSA) is 71.3 Å². The zero-order valence-electron chi connectivity index (χ0n) is 11.5. The minimum Gasteiger partial charge on any atom is -0.363 e. The van der Waals surface area contributed by atoms with Crippen LogP contribution in [0.1, 0.15) is 6.92 Å². The van der Waals surface area contributed by atoms with Crippen LogP contribution in [0.2, 0.25) is 0 Å². The highest BCUT2D eigenvalue weighted by molar-refractivity contribution is 9.10. The lowest BCUT2D eigenvalue weighted by molar-refractivity contribution is -0.384. The molecule has 1 aliphatic heterocycles. The van der Waals surface area contributed by atoms with Gasteiger partial charge in [0.25, 0.3) is 0 Å². The number of fused-ring (bicyclic) bond motifs is 1. The molecule has 3 rings (SSSR count). The standard InChI is InChI=1S/C14H15BrN4O2/c1-9-8-18(5-4-16-9)14-11-6-10(15)2-3-12(11)17-7-13(14)19(20)21/h2-3,6-7,9,16H,4-5,8H2,1H3. The SMILES string of the molecule is CC1CN(c2c([N+](=O)[O-])cnc3ccc(Br)cc23)CCN1. The summed E-state index contributed by atoms with van der Waals surface area (Å²) in [5, 5.41) is 15.6. The molecule has 1 aliphatic rings. The largest absolute Gasteiger partial charge is 0.363 e. The molecule has 7 heteroatoms. The fraction of sp³-hybridized carbons (Fsp3) is 0.357. The molecule has 0 aliphatic carbocycles. The minimum absolute atomic E-state index is 0.0645. The van der Waals surface area contributed by atoms with Crippen LogP contribution in [0.5, 0.6) is 0 Å². The first-order valence-corrected chi connectivity index (χ1v) is 7.56. The van der Waals surface area contributed by atoms with Crippen molar-refractivity contribution in [2.45, 2.75) is 13.0 Å². The van der Waals surface area contributed by atoms with Gasteiger partial charge in [-0.3, -0.25) is 10.1 Å². The fourth-order valence-electron chi connectivity index (χ4n) is 2.74. The number of pyridine rings is 1. The zero-order valence-corrected chi connectivity index (χ0v) is 13.1. The first-order chi connectivity index (χ1) is 10.1. The summed E-state index contributed by atoms with van der Waals surface area (Å²) < 4.78 is 0.890. The van der Waals surface area contributed by atoms with Crippen molar-refractivity contribution in [2.24, 2.45) is 0 Å². The molecule has 0 spiro atoms. The molecule has 1 unspecified atom stereocenters. The Kier molecular flexibility index (Phi) is 3.77. The number of aromatic nitrogens is 1. The molecule has 1 atom stereocenters. The molecule has 2 aromatic rings. The molecular formula is C14H15BrN4O2. The van der Waals surface area contributed by atoms with E-state index in [9.17, 15) is 10.1 Å². The Bertz CT molecular complexity index is 707. The second-order valence-corrected chi connectivity index (χ2v) is 6.13. The van der Waals surface area contributed by atoms with Crippen LogP contribution in [0.4, 0.5) is 11.4 Å². The molecule has 110 valence electrons. The average molecular weight is 351 g/mol. The number of hydrogen-bond donors (Lipinski definition) is 1. The molecule has 0 bridgehead atoms. The van der Waals surface area contributed by atoms with Crippen LogP contribution in [0, 0.1) is 10.1 Å². The molecular weight excluding hydrogens is 336 g/mol. The molecule has 1 fully saturated rings. The van der Waals surface area contributed by atoms with Gasteiger partial charge in [0.05, 0.1) is 10.4 Å². The molecule has 0 radical (unpaired) electrons. The van der Waals surface area contributed by atoms with Gasteiger partial charge in [0, 0.05) is 35.5 Å². The van der Waals surface area contributed by atoms with Crippen LogP contribution in [-0.4, -0.2) is 35.6 Å². The summed E-state index contributed by atoms with van der Waals surface area (Å²) in [5.41, 5.74) is 1.50. The molecule has 1 saturated heterocycles. The second-order valence-electron chi connectivity index (χ2n) is 5.21. The third kappa shape index (κ3) is 2.71. The number of halogens is 1. The summed E-state index contributed by atoms with van der Waals surface area (Å²) in [4.78, 5) is 17.3. The predicted molar refractivity (Wildman–Crippen MR) is 85.8 cm³/mol. The lowest BCUT2D eigenvalue weighted by Crippen LogP contribution is -2.49. The molecule has 6 nitrogen and oxygen atoms in total. The van der Waals surface area contributed by atoms with Crippen molar-refractivity contribution in [3.05, 3.63) is 39.0 Å². The molecule has 21 heavy (non-hydrogen) atoms. The van der Waals surface area contributed by atoms with E-state index in [0.29, 0.717) is 11.7 Å². The number of anilines is 1. The highest BCUT2D eigenvalue weighted by Crippen LogP contribution is 2.36. The van der Waals surface area contributed by atoms with Crippen LogP contribution >= 0.6 is 15.9 Å². The van der Waals surface area contributed by atoms with E-state index in [-0.39, 0.29) is 10.6 Å². The summed E-state index contributed by atoms with van der Waals surface area (Å²) in [6, 6.07) is 5.97. The molecule has 1 aromatic carbocycles. The Morgan fingerprint density at radius 1 is 1.52 bits per heavy atom. The van der Waals surface area contributed by atoms with E-state index in [2.05, 4.69) is 38.1 Å². The Morgan fingerprint density at radius 3 is 3.05 bits per heavy atom. The van der Waals surface area contributed by atoms with Gasteiger partial charge in [-0.1, -0.05) is 15.9 Å². The number of rotatable bonds is 2. The summed E-state index contributed by atoms with van der Waals surface area (Å²) in [7, 11) is 0. The van der Waals surface area contributed by atoms with E-state index >= 15 is 0 Å². The Morgan fingerprint density at radius 2 is 2.33 bits per heavy atom. The van der Waals surface area contributed by atoms with Crippen molar-refractivity contribution in [1.29, 1.82) is 0 Å². The van der Waals surface area contributed by atoms with E-state index in [4.69, 9.17) is 0 Å². The number of benzene rings is 1. The van der Waals surface area contributed by atoms with Gasteiger partial charge >= 0.3 is 5.69 Å². The summed E-state index contributed by atoms with van der Waals surface area (Å²) in [5.74, 6) is 0. The highest BCUT2D eigenvalue weighted by atomic mass is 79.9. The van der Waals surface area contributed by atoms with E-state index < -0.39 is 0 Å². The molecule has 0 amide bonds. The van der Waals surface area contributed by atoms with Gasteiger partial charge in [-0.15, -0.1) is 0 Å². The van der Waals surface area contributed by atoms with Gasteiger partial charge in [-0.25, -0.2) is 4.98 Å². The van der Waals surface area contributed by atoms with Gasteiger partial charge in [0.15, 0.2) is 0 Å². The maximum atomic E-state index is 11.4. The number of nitrogens with one attached hydrogen (secondary N) is 1. The van der Waals surface area contributed by atoms with Crippen LogP contribution in [0.3, 0.4) is 0 Å². The summed E-state index contributed by atoms with van der Waals surface area (Å²) in [6.07, 6.45) is 1.36. The highest BCUT2D eigenvalue weighted by Gasteiger charge is 2.26. The second kappa shape index (κ2) is 5.57. The first-order valence-electron chi connectivity index (χ1n) is 6.77. The smallest absolute Gasteiger partial charge is 0.311 e. The maximum absolute atomic E-state index is 11.4. The van der Waals surface area contributed by atoms with Crippen molar-refractivity contribution < 1.29 is 4.92 Å². The van der Waals surface area contributed by atoms with Crippen molar-refractivity contribution in [3.63, 3.8) is 0 Å². The lowest BCUT2D eigenvalue weighted by Gasteiger charge is -2.33. The Labute approximate surface area is 130 Å². The molecule has 0 saturated carbocycles. The van der Waals surface area contributed by atoms with Crippen LogP contribution in [0.25, 0.3) is 10.9 Å². The molecule has 1 N–H and O–H groups in total. The van der Waals surface area contributed by atoms with Crippen LogP contribution in [0.15, 0.2) is 28.9 Å². The maximum Gasteiger partial charge on any atom is 0.311 e. The number of nitro groups is 1. The van der Waals surface area contributed by atoms with Gasteiger partial charge in [-0.2, -0.15) is 0 Å². The third-order valence-corrected chi connectivity index (χ3v) is 4.16. The van der Waals surface area contributed by atoms with E-state index in [1.54, 1.807) is 0 Å². The van der Waals surface area contributed by atoms with E-state index in [1.165, 1.54) is 6.20 Å². The van der Waals surface area contributed by atoms with Gasteiger partial charge < -0.3 is 10.2 Å². The predicted octanol–water partition coefficient (Wildman–Crippen LogP) is 2.70. The van der Waals surface area contributed by atoms with Crippen molar-refractivity contribution in [2.75, 3.05) is 24.5 Å². The van der Waals surface area contributed by atoms with Crippen molar-refractivity contribution in [1.82, 2.24) is 10.3 Å². The van der Waals surface area contributed by atoms with Crippen molar-refractivity contribution in [3.8, 4) is 0 Å². The van der Waals surface area contributed by atoms with Crippen molar-refractivity contribution >= 4 is 38.2 Å². The number of piperazine rings is 1. The Hall–Kier alpha value is -1.73. The molecule has 2 heterocycles. The molecule has 1 aromatic heterocycles. The average Bonchev–Trinajstić information content (AvgIpc) is 2.45. The fourth-order valence-corrected chi connectivity index (χ4v) is 3.10. The van der Waals surface area contributed by atoms with Gasteiger partial charge in [0.2, 0.25) is 0 Å². The number of hydrogen-bond acceptors (Lipinski definition) is 5. The van der Waals surface area contributed by atoms with Gasteiger partial charge in [-0.05, 0) is 25.1 Å². The lowest BCUT2D eigenvalue weighted by atomic mass is 10.1. The van der Waals surface area contributed by atoms with Crippen LogP contribution in [-0.2, 0) is 0 Å². The minimum atomic E-state index is -0.352. The van der Waals surface area contributed by atoms with Crippen LogP contribution < -0.4 is 10.2 Å². The summed E-state index contributed by atoms with van der Waals surface area (Å²) >= 11 is 3.44. The van der Waals surface area contributed by atoms with E-state index in [0.717, 1.165) is 35.0 Å². The van der Waals surface area contributed by atoms with Gasteiger partial charge in [0.1, 0.15) is 11.9 Å². The third-order valence-electron chi connectivity index (χ3n) is 3.66. The zero-order chi connectivity index (χ0) is 15.0. The summed E-state index contributed by atoms with van der Waals surface area (Å²) in [6.45, 7) is 4.39. The van der Waals surface area contributed by atoms with E-state index in [1.807, 2.05) is 18.2 Å². The first kappa shape index (κ1) is 14.2. The Balaban J connectivity index is 2.22. The number of nitrogens with zero attached hydrogens (tertiary/aromatic N) is 3. The monoisotopic (exact) mass is 350 g/mol. The quantitative estimate of drug-likeness (QED) is 0.665. The normalized spacial score (nSPS) is 19.0.